The molecule has 0 saturated heterocycles. The third kappa shape index (κ3) is 6.21. The lowest BCUT2D eigenvalue weighted by atomic mass is 9.88. The Kier molecular flexibility index (Phi) is 5.15. The predicted octanol–water partition coefficient (Wildman–Crippen LogP) is 7.00. The zero-order valence-corrected chi connectivity index (χ0v) is 15.5. The van der Waals surface area contributed by atoms with Crippen molar-refractivity contribution in [2.24, 2.45) is 5.41 Å². The number of hydrogen-bond donors (Lipinski definition) is 2. The third-order valence-electron chi connectivity index (χ3n) is 3.57. The fourth-order valence-electron chi connectivity index (χ4n) is 1.67. The molecule has 2 nitrogen and oxygen atoms in total. The molecule has 1 rings (SSSR count). The van der Waals surface area contributed by atoms with Gasteiger partial charge >= 0.3 is 10.2 Å². The van der Waals surface area contributed by atoms with E-state index in [1.54, 1.807) is 6.92 Å². The minimum atomic E-state index is -10.2. The topological polar surface area (TPSA) is 24.1 Å². The molecule has 1 aromatic rings. The van der Waals surface area contributed by atoms with E-state index in [4.69, 9.17) is 12.2 Å². The molecule has 2 N–H and O–H groups in total. The van der Waals surface area contributed by atoms with Crippen molar-refractivity contribution in [3.05, 3.63) is 23.8 Å². The second-order valence-corrected chi connectivity index (χ2v) is 9.50. The van der Waals surface area contributed by atoms with Crippen LogP contribution in [0.2, 0.25) is 0 Å². The van der Waals surface area contributed by atoms with Crippen LogP contribution in [-0.4, -0.2) is 11.2 Å². The summed E-state index contributed by atoms with van der Waals surface area (Å²) in [5.41, 5.74) is -2.55. The number of halogens is 7. The number of benzene rings is 1. The molecule has 0 radical (unpaired) electrons. The summed E-state index contributed by atoms with van der Waals surface area (Å²) in [6.07, 6.45) is -3.32. The Labute approximate surface area is 146 Å². The first-order valence-corrected chi connectivity index (χ1v) is 9.41. The predicted molar refractivity (Wildman–Crippen MR) is 91.1 cm³/mol. The zero-order valence-electron chi connectivity index (χ0n) is 13.8. The summed E-state index contributed by atoms with van der Waals surface area (Å²) in [4.78, 5) is -2.43. The molecule has 0 aliphatic heterocycles. The normalized spacial score (nSPS) is 16.8. The second-order valence-electron chi connectivity index (χ2n) is 6.71. The Balaban J connectivity index is 3.27. The van der Waals surface area contributed by atoms with Crippen LogP contribution in [-0.2, 0) is 0 Å². The molecular formula is C14H19F7N2S2. The van der Waals surface area contributed by atoms with E-state index in [0.29, 0.717) is 12.1 Å². The van der Waals surface area contributed by atoms with Crippen molar-refractivity contribution in [1.82, 2.24) is 5.32 Å². The Morgan fingerprint density at radius 2 is 1.60 bits per heavy atom. The number of rotatable bonds is 4. The van der Waals surface area contributed by atoms with Crippen LogP contribution in [0.25, 0.3) is 0 Å². The highest BCUT2D eigenvalue weighted by Crippen LogP contribution is 3.02. The van der Waals surface area contributed by atoms with Crippen LogP contribution in [0, 0.1) is 5.41 Å². The third-order valence-corrected chi connectivity index (χ3v) is 4.96. The van der Waals surface area contributed by atoms with Gasteiger partial charge < -0.3 is 10.6 Å². The molecule has 1 unspecified atom stereocenters. The quantitative estimate of drug-likeness (QED) is 0.411. The van der Waals surface area contributed by atoms with Crippen LogP contribution in [0.5, 0.6) is 0 Å². The van der Waals surface area contributed by atoms with Gasteiger partial charge in [0.25, 0.3) is 6.43 Å². The summed E-state index contributed by atoms with van der Waals surface area (Å²) in [6.45, 7) is 7.22. The first-order valence-electron chi connectivity index (χ1n) is 7.05. The average molecular weight is 412 g/mol. The van der Waals surface area contributed by atoms with Gasteiger partial charge in [-0.25, -0.2) is 8.78 Å². The highest BCUT2D eigenvalue weighted by Gasteiger charge is 2.67. The summed E-state index contributed by atoms with van der Waals surface area (Å²) in [5, 5.41) is 4.40. The fraction of sp³-hybridized carbons (Fsp3) is 0.500. The summed E-state index contributed by atoms with van der Waals surface area (Å²) >= 11 is 4.85. The SMILES string of the molecule is CC(NC(=S)Nc1ccc(C(F)F)cc1S(F)(F)(F)(F)F)C(C)(C)C. The molecule has 1 atom stereocenters. The van der Waals surface area contributed by atoms with Gasteiger partial charge in [0.05, 0.1) is 5.69 Å². The van der Waals surface area contributed by atoms with Crippen molar-refractivity contribution in [3.63, 3.8) is 0 Å². The fourth-order valence-corrected chi connectivity index (χ4v) is 2.85. The molecule has 25 heavy (non-hydrogen) atoms. The molecule has 146 valence electrons. The molecule has 0 aliphatic rings. The Morgan fingerprint density at radius 1 is 1.08 bits per heavy atom. The minimum absolute atomic E-state index is 0.246. The highest BCUT2D eigenvalue weighted by molar-refractivity contribution is 8.45. The molecule has 0 saturated carbocycles. The van der Waals surface area contributed by atoms with Gasteiger partial charge in [-0.1, -0.05) is 46.3 Å². The number of anilines is 1. The molecule has 0 bridgehead atoms. The van der Waals surface area contributed by atoms with Gasteiger partial charge in [0, 0.05) is 11.6 Å². The number of alkyl halides is 2. The molecule has 11 heteroatoms. The largest absolute Gasteiger partial charge is 0.359 e. The smallest absolute Gasteiger partial charge is 0.312 e. The van der Waals surface area contributed by atoms with E-state index in [1.165, 1.54) is 0 Å². The van der Waals surface area contributed by atoms with Crippen LogP contribution >= 0.6 is 22.4 Å². The van der Waals surface area contributed by atoms with E-state index in [2.05, 4.69) is 5.32 Å². The molecule has 1 aromatic carbocycles. The van der Waals surface area contributed by atoms with Crippen molar-refractivity contribution in [1.29, 1.82) is 0 Å². The summed E-state index contributed by atoms with van der Waals surface area (Å²) in [7, 11) is -10.2. The summed E-state index contributed by atoms with van der Waals surface area (Å²) in [5.74, 6) is 0. The average Bonchev–Trinajstić information content (AvgIpc) is 2.34. The Bertz CT molecular complexity index is 666. The van der Waals surface area contributed by atoms with Crippen molar-refractivity contribution in [3.8, 4) is 0 Å². The summed E-state index contributed by atoms with van der Waals surface area (Å²) < 4.78 is 91.3. The molecule has 0 fully saturated rings. The number of nitrogens with one attached hydrogen (secondary N) is 2. The Hall–Kier alpha value is -1.23. The van der Waals surface area contributed by atoms with Crippen molar-refractivity contribution < 1.29 is 28.2 Å². The van der Waals surface area contributed by atoms with Crippen molar-refractivity contribution >= 4 is 33.2 Å². The van der Waals surface area contributed by atoms with Crippen molar-refractivity contribution in [2.75, 3.05) is 5.32 Å². The van der Waals surface area contributed by atoms with E-state index in [9.17, 15) is 28.2 Å². The van der Waals surface area contributed by atoms with E-state index >= 15 is 0 Å². The molecule has 0 aliphatic carbocycles. The monoisotopic (exact) mass is 412 g/mol. The van der Waals surface area contributed by atoms with Crippen LogP contribution in [0.1, 0.15) is 39.7 Å². The molecular weight excluding hydrogens is 393 g/mol. The van der Waals surface area contributed by atoms with E-state index in [1.807, 2.05) is 26.1 Å². The van der Waals surface area contributed by atoms with Crippen molar-refractivity contribution in [2.45, 2.75) is 45.1 Å². The van der Waals surface area contributed by atoms with E-state index < -0.39 is 32.8 Å². The Morgan fingerprint density at radius 3 is 2.00 bits per heavy atom. The van der Waals surface area contributed by atoms with Crippen LogP contribution in [0.3, 0.4) is 0 Å². The maximum atomic E-state index is 13.2. The first-order chi connectivity index (χ1) is 10.8. The lowest BCUT2D eigenvalue weighted by Crippen LogP contribution is -2.43. The zero-order chi connectivity index (χ0) is 19.9. The van der Waals surface area contributed by atoms with Gasteiger partial charge in [-0.15, -0.1) is 0 Å². The van der Waals surface area contributed by atoms with Gasteiger partial charge in [-0.3, -0.25) is 0 Å². The molecule has 0 spiro atoms. The highest BCUT2D eigenvalue weighted by atomic mass is 32.5. The van der Waals surface area contributed by atoms with Gasteiger partial charge in [-0.2, -0.15) is 0 Å². The van der Waals surface area contributed by atoms with Crippen LogP contribution < -0.4 is 10.6 Å². The van der Waals surface area contributed by atoms with Crippen LogP contribution in [0.4, 0.5) is 33.9 Å². The molecule has 0 heterocycles. The standard InChI is InChI=1S/C14H19F7N2S2/c1-8(14(2,3)4)22-13(24)23-10-6-5-9(12(15)16)7-11(10)25(17,18,19,20)21/h5-8,12H,1-4H3,(H2,22,23,24). The lowest BCUT2D eigenvalue weighted by molar-refractivity contribution is 0.151. The summed E-state index contributed by atoms with van der Waals surface area (Å²) in [6, 6.07) is 0.612. The van der Waals surface area contributed by atoms with Gasteiger partial charge in [-0.05, 0) is 36.7 Å². The lowest BCUT2D eigenvalue weighted by Gasteiger charge is -2.42. The van der Waals surface area contributed by atoms with Crippen LogP contribution in [0.15, 0.2) is 23.1 Å². The van der Waals surface area contributed by atoms with Gasteiger partial charge in [0.15, 0.2) is 5.11 Å². The second kappa shape index (κ2) is 5.90. The minimum Gasteiger partial charge on any atom is -0.359 e. The number of thiocarbonyl (C=S) groups is 1. The number of hydrogen-bond acceptors (Lipinski definition) is 1. The molecule has 0 aromatic heterocycles. The maximum absolute atomic E-state index is 13.2. The van der Waals surface area contributed by atoms with Gasteiger partial charge in [0.1, 0.15) is 4.90 Å². The molecule has 0 amide bonds. The van der Waals surface area contributed by atoms with Gasteiger partial charge in [0.2, 0.25) is 0 Å². The van der Waals surface area contributed by atoms with E-state index in [-0.39, 0.29) is 22.6 Å². The first kappa shape index (κ1) is 21.8. The maximum Gasteiger partial charge on any atom is 0.312 e. The van der Waals surface area contributed by atoms with E-state index in [0.717, 1.165) is 0 Å².